The number of nitrogens with two attached hydrogens (primary N) is 2. The molecule has 14 nitrogen and oxygen atoms in total. The number of carbonyl (C=O) groups is 5. The van der Waals surface area contributed by atoms with Crippen LogP contribution in [0, 0.1) is 5.41 Å². The first-order valence-electron chi connectivity index (χ1n) is 12.6. The topological polar surface area (TPSA) is 222 Å². The van der Waals surface area contributed by atoms with Crippen LogP contribution in [0.25, 0.3) is 0 Å². The van der Waals surface area contributed by atoms with Gasteiger partial charge in [0.25, 0.3) is 5.91 Å². The van der Waals surface area contributed by atoms with Crippen molar-refractivity contribution in [3.05, 3.63) is 35.9 Å². The maximum atomic E-state index is 13.0. The van der Waals surface area contributed by atoms with Crippen LogP contribution in [0.5, 0.6) is 0 Å². The Balaban J connectivity index is 2.77. The molecule has 216 valence electrons. The molecular formula is C25H40N8O6. The number of nitrogens with zero attached hydrogens (tertiary/aromatic N) is 1. The second-order valence-corrected chi connectivity index (χ2v) is 8.93. The first kappa shape index (κ1) is 32.8. The molecule has 9 N–H and O–H groups in total. The molecular weight excluding hydrogens is 508 g/mol. The van der Waals surface area contributed by atoms with E-state index in [4.69, 9.17) is 21.6 Å². The third-order valence-electron chi connectivity index (χ3n) is 5.46. The number of hydrogen-bond donors (Lipinski definition) is 7. The normalized spacial score (nSPS) is 11.9. The third kappa shape index (κ3) is 13.8. The van der Waals surface area contributed by atoms with Crippen molar-refractivity contribution in [2.24, 2.45) is 11.5 Å². The van der Waals surface area contributed by atoms with Crippen LogP contribution in [-0.2, 0) is 30.5 Å². The number of ketones is 1. The minimum Gasteiger partial charge on any atom is -0.445 e. The molecule has 14 heteroatoms. The van der Waals surface area contributed by atoms with E-state index in [1.807, 2.05) is 6.07 Å². The Bertz CT molecular complexity index is 973. The molecule has 39 heavy (non-hydrogen) atoms. The largest absolute Gasteiger partial charge is 0.445 e. The molecule has 0 aliphatic heterocycles. The fourth-order valence-electron chi connectivity index (χ4n) is 3.42. The second-order valence-electron chi connectivity index (χ2n) is 8.93. The maximum Gasteiger partial charge on any atom is 0.407 e. The highest BCUT2D eigenvalue weighted by Crippen LogP contribution is 2.06. The molecule has 0 saturated carbocycles. The zero-order chi connectivity index (χ0) is 29.2. The van der Waals surface area contributed by atoms with Crippen LogP contribution in [0.3, 0.4) is 0 Å². The van der Waals surface area contributed by atoms with Crippen LogP contribution in [-0.4, -0.2) is 86.3 Å². The van der Waals surface area contributed by atoms with E-state index in [1.165, 1.54) is 19.0 Å². The van der Waals surface area contributed by atoms with E-state index in [1.54, 1.807) is 24.3 Å². The molecule has 4 amide bonds. The number of Topliss-reactive ketones (excluding diaryl/α,β-unsaturated/α-hetero) is 1. The Morgan fingerprint density at radius 1 is 0.949 bits per heavy atom. The molecule has 0 heterocycles. The van der Waals surface area contributed by atoms with Gasteiger partial charge in [0.15, 0.2) is 5.96 Å². The van der Waals surface area contributed by atoms with Gasteiger partial charge >= 0.3 is 6.09 Å². The number of alkyl carbamates (subject to hydrolysis) is 1. The predicted octanol–water partition coefficient (Wildman–Crippen LogP) is -1.07. The zero-order valence-electron chi connectivity index (χ0n) is 22.5. The number of rotatable bonds is 17. The monoisotopic (exact) mass is 548 g/mol. The lowest BCUT2D eigenvalue weighted by atomic mass is 10.0. The van der Waals surface area contributed by atoms with Crippen LogP contribution >= 0.6 is 0 Å². The molecule has 1 aromatic rings. The minimum absolute atomic E-state index is 0.0108. The van der Waals surface area contributed by atoms with E-state index < -0.39 is 42.3 Å². The van der Waals surface area contributed by atoms with Gasteiger partial charge in [0.1, 0.15) is 19.2 Å². The lowest BCUT2D eigenvalue weighted by Gasteiger charge is -2.23. The van der Waals surface area contributed by atoms with E-state index in [9.17, 15) is 24.0 Å². The van der Waals surface area contributed by atoms with E-state index in [0.717, 1.165) is 5.56 Å². The lowest BCUT2D eigenvalue weighted by Crippen LogP contribution is -2.54. The summed E-state index contributed by atoms with van der Waals surface area (Å²) in [6.45, 7) is 0.163. The molecule has 0 aliphatic rings. The molecule has 2 atom stereocenters. The molecule has 0 saturated heterocycles. The number of benzene rings is 1. The summed E-state index contributed by atoms with van der Waals surface area (Å²) in [6, 6.07) is 6.79. The van der Waals surface area contributed by atoms with E-state index in [-0.39, 0.29) is 37.9 Å². The summed E-state index contributed by atoms with van der Waals surface area (Å²) in [5, 5.41) is 17.0. The number of nitrogens with one attached hydrogen (secondary N) is 5. The van der Waals surface area contributed by atoms with Gasteiger partial charge < -0.3 is 42.4 Å². The Morgan fingerprint density at radius 3 is 2.23 bits per heavy atom. The number of guanidine groups is 1. The van der Waals surface area contributed by atoms with Gasteiger partial charge in [-0.15, -0.1) is 0 Å². The van der Waals surface area contributed by atoms with E-state index in [0.29, 0.717) is 25.8 Å². The molecule has 2 unspecified atom stereocenters. The molecule has 0 spiro atoms. The molecule has 0 bridgehead atoms. The van der Waals surface area contributed by atoms with Crippen LogP contribution in [0.1, 0.15) is 37.7 Å². The summed E-state index contributed by atoms with van der Waals surface area (Å²) in [4.78, 5) is 64.0. The standard InChI is InChI=1S/C25H40N8O6/c1-33(2)23(37)19(11-6-7-13-26)32-22(36)21(35)18(12-8-14-29-24(27)28)31-20(34)15-30-25(38)39-16-17-9-4-3-5-10-17/h3-5,9-10,18-19H,6-8,11-16,26H2,1-2H3,(H,30,38)(H,31,34)(H,32,36)(H4,27,28,29). The summed E-state index contributed by atoms with van der Waals surface area (Å²) in [5.74, 6) is -3.34. The maximum absolute atomic E-state index is 13.0. The fourth-order valence-corrected chi connectivity index (χ4v) is 3.42. The van der Waals surface area contributed by atoms with Crippen molar-refractivity contribution in [3.63, 3.8) is 0 Å². The number of likely N-dealkylation sites (N-methyl/N-ethyl adjacent to an activating group) is 1. The summed E-state index contributed by atoms with van der Waals surface area (Å²) in [7, 11) is 3.07. The molecule has 0 aliphatic carbocycles. The van der Waals surface area contributed by atoms with E-state index >= 15 is 0 Å². The van der Waals surface area contributed by atoms with Gasteiger partial charge in [-0.1, -0.05) is 30.3 Å². The first-order valence-corrected chi connectivity index (χ1v) is 12.6. The molecule has 0 aromatic heterocycles. The van der Waals surface area contributed by atoms with E-state index in [2.05, 4.69) is 21.3 Å². The van der Waals surface area contributed by atoms with Crippen molar-refractivity contribution >= 4 is 35.6 Å². The SMILES string of the molecule is CN(C)C(=O)C(CCCCN)NC(=O)C(=O)C(CCCNC(=N)N)NC(=O)CNC(=O)OCc1ccccc1. The summed E-state index contributed by atoms with van der Waals surface area (Å²) in [6.07, 6.45) is 0.995. The molecule has 1 rings (SSSR count). The first-order chi connectivity index (χ1) is 18.5. The average molecular weight is 549 g/mol. The van der Waals surface area contributed by atoms with Crippen molar-refractivity contribution in [3.8, 4) is 0 Å². The van der Waals surface area contributed by atoms with Gasteiger partial charge in [-0.25, -0.2) is 4.79 Å². The van der Waals surface area contributed by atoms with Crippen molar-refractivity contribution in [2.75, 3.05) is 33.7 Å². The number of hydrogen-bond acceptors (Lipinski definition) is 8. The minimum atomic E-state index is -1.24. The van der Waals surface area contributed by atoms with Crippen LogP contribution in [0.2, 0.25) is 0 Å². The average Bonchev–Trinajstić information content (AvgIpc) is 2.91. The lowest BCUT2D eigenvalue weighted by molar-refractivity contribution is -0.142. The van der Waals surface area contributed by atoms with Crippen LogP contribution < -0.4 is 32.7 Å². The van der Waals surface area contributed by atoms with Gasteiger partial charge in [-0.2, -0.15) is 0 Å². The third-order valence-corrected chi connectivity index (χ3v) is 5.46. The predicted molar refractivity (Wildman–Crippen MR) is 144 cm³/mol. The highest BCUT2D eigenvalue weighted by atomic mass is 16.5. The van der Waals surface area contributed by atoms with Crippen molar-refractivity contribution < 1.29 is 28.7 Å². The molecule has 0 fully saturated rings. The summed E-state index contributed by atoms with van der Waals surface area (Å²) >= 11 is 0. The van der Waals surface area contributed by atoms with Gasteiger partial charge in [-0.3, -0.25) is 24.6 Å². The summed E-state index contributed by atoms with van der Waals surface area (Å²) in [5.41, 5.74) is 11.5. The van der Waals surface area contributed by atoms with Gasteiger partial charge in [0, 0.05) is 20.6 Å². The number of unbranched alkanes of at least 4 members (excludes halogenated alkanes) is 1. The molecule has 1 aromatic carbocycles. The highest BCUT2D eigenvalue weighted by Gasteiger charge is 2.30. The second kappa shape index (κ2) is 18.1. The quantitative estimate of drug-likeness (QED) is 0.0544. The Morgan fingerprint density at radius 2 is 1.62 bits per heavy atom. The fraction of sp³-hybridized carbons (Fsp3) is 0.520. The number of ether oxygens (including phenoxy) is 1. The number of carbonyl (C=O) groups excluding carboxylic acids is 5. The van der Waals surface area contributed by atoms with Crippen molar-refractivity contribution in [1.29, 1.82) is 5.41 Å². The molecule has 0 radical (unpaired) electrons. The van der Waals surface area contributed by atoms with Gasteiger partial charge in [0.2, 0.25) is 17.6 Å². The van der Waals surface area contributed by atoms with Crippen molar-refractivity contribution in [2.45, 2.75) is 50.8 Å². The van der Waals surface area contributed by atoms with Crippen LogP contribution in [0.4, 0.5) is 4.79 Å². The van der Waals surface area contributed by atoms with Gasteiger partial charge in [0.05, 0.1) is 6.04 Å². The van der Waals surface area contributed by atoms with Crippen molar-refractivity contribution in [1.82, 2.24) is 26.2 Å². The number of amides is 4. The van der Waals surface area contributed by atoms with Gasteiger partial charge in [-0.05, 0) is 44.2 Å². The Kier molecular flexibility index (Phi) is 15.3. The smallest absolute Gasteiger partial charge is 0.407 e. The highest BCUT2D eigenvalue weighted by molar-refractivity contribution is 6.38. The zero-order valence-corrected chi connectivity index (χ0v) is 22.5. The summed E-state index contributed by atoms with van der Waals surface area (Å²) < 4.78 is 5.05. The Labute approximate surface area is 228 Å². The van der Waals surface area contributed by atoms with Crippen LogP contribution in [0.15, 0.2) is 30.3 Å². The Hall–Kier alpha value is -4.20.